The van der Waals surface area contributed by atoms with Crippen molar-refractivity contribution in [1.29, 1.82) is 0 Å². The summed E-state index contributed by atoms with van der Waals surface area (Å²) >= 11 is 0. The molecule has 1 aromatic rings. The number of hydrogen-bond donors (Lipinski definition) is 4. The molecule has 0 aliphatic carbocycles. The lowest BCUT2D eigenvalue weighted by atomic mass is 9.90. The largest absolute Gasteiger partial charge is 0.464 e. The van der Waals surface area contributed by atoms with Crippen LogP contribution in [0.4, 0.5) is 0 Å². The van der Waals surface area contributed by atoms with E-state index in [-0.39, 0.29) is 13.0 Å². The van der Waals surface area contributed by atoms with Crippen molar-refractivity contribution in [3.05, 3.63) is 35.4 Å². The van der Waals surface area contributed by atoms with Crippen LogP contribution in [0.1, 0.15) is 31.4 Å². The number of ether oxygens (including phenoxy) is 1. The third kappa shape index (κ3) is 5.85. The van der Waals surface area contributed by atoms with Crippen LogP contribution < -0.4 is 15.5 Å². The second kappa shape index (κ2) is 9.76. The van der Waals surface area contributed by atoms with Crippen molar-refractivity contribution in [2.75, 3.05) is 12.9 Å². The SMILES string of the molecule is CC(=NCc1ccccc1C[C@](C)(NS(C)=O)C(=O)NC1CCOC1=O)NO. The number of nitrogens with one attached hydrogen (secondary N) is 3. The van der Waals surface area contributed by atoms with Crippen LogP contribution in [0.15, 0.2) is 29.3 Å². The van der Waals surface area contributed by atoms with Gasteiger partial charge in [-0.25, -0.2) is 13.7 Å². The van der Waals surface area contributed by atoms with E-state index in [1.165, 1.54) is 6.26 Å². The van der Waals surface area contributed by atoms with Gasteiger partial charge in [0.15, 0.2) is 0 Å². The predicted octanol–water partition coefficient (Wildman–Crippen LogP) is 0.200. The predicted molar refractivity (Wildman–Crippen MR) is 105 cm³/mol. The van der Waals surface area contributed by atoms with Gasteiger partial charge in [-0.05, 0) is 25.0 Å². The van der Waals surface area contributed by atoms with Gasteiger partial charge in [-0.15, -0.1) is 0 Å². The lowest BCUT2D eigenvalue weighted by Crippen LogP contribution is -2.59. The molecule has 3 atom stereocenters. The first kappa shape index (κ1) is 22.0. The monoisotopic (exact) mass is 410 g/mol. The molecule has 28 heavy (non-hydrogen) atoms. The number of esters is 1. The topological polar surface area (TPSA) is 129 Å². The number of hydrogen-bond acceptors (Lipinski definition) is 6. The normalized spacial score (nSPS) is 20.2. The summed E-state index contributed by atoms with van der Waals surface area (Å²) in [5.74, 6) is -0.532. The molecule has 1 aliphatic heterocycles. The number of cyclic esters (lactones) is 1. The molecule has 9 nitrogen and oxygen atoms in total. The Bertz CT molecular complexity index is 785. The molecule has 1 heterocycles. The van der Waals surface area contributed by atoms with Crippen molar-refractivity contribution in [2.24, 2.45) is 4.99 Å². The molecule has 4 N–H and O–H groups in total. The number of amidine groups is 1. The zero-order valence-electron chi connectivity index (χ0n) is 16.2. The molecular weight excluding hydrogens is 384 g/mol. The number of nitrogens with zero attached hydrogens (tertiary/aromatic N) is 1. The standard InChI is InChI=1S/C18H26N4O5S/c1-12(21-25)19-11-14-7-5-4-6-13(14)10-18(2,22-28(3)26)17(24)20-15-8-9-27-16(15)23/h4-7,15,22,25H,8-11H2,1-3H3,(H,19,21)(H,20,24)/t15?,18-,28?/m0/s1. The van der Waals surface area contributed by atoms with Crippen molar-refractivity contribution in [2.45, 2.75) is 44.8 Å². The molecule has 0 saturated carbocycles. The average molecular weight is 410 g/mol. The minimum Gasteiger partial charge on any atom is -0.464 e. The zero-order chi connectivity index (χ0) is 20.7. The fourth-order valence-corrected chi connectivity index (χ4v) is 3.73. The van der Waals surface area contributed by atoms with Gasteiger partial charge in [-0.3, -0.25) is 20.5 Å². The van der Waals surface area contributed by atoms with E-state index in [1.54, 1.807) is 13.8 Å². The summed E-state index contributed by atoms with van der Waals surface area (Å²) < 4.78 is 19.6. The molecule has 1 aliphatic rings. The molecular formula is C18H26N4O5S. The number of rotatable bonds is 8. The van der Waals surface area contributed by atoms with Crippen LogP contribution in [-0.4, -0.2) is 51.6 Å². The van der Waals surface area contributed by atoms with Crippen molar-refractivity contribution < 1.29 is 23.7 Å². The Morgan fingerprint density at radius 1 is 1.39 bits per heavy atom. The van der Waals surface area contributed by atoms with Gasteiger partial charge < -0.3 is 10.1 Å². The van der Waals surface area contributed by atoms with E-state index >= 15 is 0 Å². The van der Waals surface area contributed by atoms with Gasteiger partial charge in [0.25, 0.3) is 0 Å². The van der Waals surface area contributed by atoms with Gasteiger partial charge in [-0.2, -0.15) is 0 Å². The zero-order valence-corrected chi connectivity index (χ0v) is 17.0. The number of benzene rings is 1. The van der Waals surface area contributed by atoms with Crippen LogP contribution in [0.3, 0.4) is 0 Å². The molecule has 1 aromatic carbocycles. The maximum atomic E-state index is 12.9. The molecule has 0 spiro atoms. The lowest BCUT2D eigenvalue weighted by molar-refractivity contribution is -0.142. The molecule has 0 aromatic heterocycles. The summed E-state index contributed by atoms with van der Waals surface area (Å²) in [6.45, 7) is 3.84. The Labute approximate surface area is 166 Å². The number of hydroxylamine groups is 1. The van der Waals surface area contributed by atoms with Crippen molar-refractivity contribution in [3.8, 4) is 0 Å². The van der Waals surface area contributed by atoms with Crippen LogP contribution in [0.2, 0.25) is 0 Å². The smallest absolute Gasteiger partial charge is 0.328 e. The van der Waals surface area contributed by atoms with E-state index in [1.807, 2.05) is 29.7 Å². The molecule has 1 amide bonds. The van der Waals surface area contributed by atoms with Crippen LogP contribution in [0.5, 0.6) is 0 Å². The minimum atomic E-state index is -1.46. The first-order valence-electron chi connectivity index (χ1n) is 8.82. The van der Waals surface area contributed by atoms with Crippen LogP contribution in [0, 0.1) is 0 Å². The van der Waals surface area contributed by atoms with E-state index < -0.39 is 34.4 Å². The Balaban J connectivity index is 2.25. The highest BCUT2D eigenvalue weighted by atomic mass is 32.2. The maximum Gasteiger partial charge on any atom is 0.328 e. The summed E-state index contributed by atoms with van der Waals surface area (Å²) in [5.41, 5.74) is 2.46. The summed E-state index contributed by atoms with van der Waals surface area (Å²) in [4.78, 5) is 28.8. The number of amides is 1. The molecule has 2 rings (SSSR count). The van der Waals surface area contributed by atoms with E-state index in [2.05, 4.69) is 15.0 Å². The first-order valence-corrected chi connectivity index (χ1v) is 10.4. The highest BCUT2D eigenvalue weighted by Crippen LogP contribution is 2.20. The first-order chi connectivity index (χ1) is 13.2. The molecule has 1 saturated heterocycles. The second-order valence-electron chi connectivity index (χ2n) is 6.83. The summed E-state index contributed by atoms with van der Waals surface area (Å²) in [6, 6.07) is 6.74. The Kier molecular flexibility index (Phi) is 7.67. The third-order valence-corrected chi connectivity index (χ3v) is 5.16. The summed E-state index contributed by atoms with van der Waals surface area (Å²) in [6.07, 6.45) is 2.09. The fourth-order valence-electron chi connectivity index (χ4n) is 2.93. The lowest BCUT2D eigenvalue weighted by Gasteiger charge is -2.30. The molecule has 0 radical (unpaired) electrons. The van der Waals surface area contributed by atoms with Gasteiger partial charge >= 0.3 is 5.97 Å². The van der Waals surface area contributed by atoms with Gasteiger partial charge in [0, 0.05) is 19.1 Å². The molecule has 154 valence electrons. The van der Waals surface area contributed by atoms with Gasteiger partial charge in [0.05, 0.1) is 24.1 Å². The van der Waals surface area contributed by atoms with Crippen molar-refractivity contribution in [3.63, 3.8) is 0 Å². The molecule has 0 bridgehead atoms. The van der Waals surface area contributed by atoms with E-state index in [4.69, 9.17) is 9.94 Å². The number of carbonyl (C=O) groups is 2. The molecule has 1 fully saturated rings. The number of carbonyl (C=O) groups excluding carboxylic acids is 2. The van der Waals surface area contributed by atoms with Crippen LogP contribution >= 0.6 is 0 Å². The van der Waals surface area contributed by atoms with Gasteiger partial charge in [-0.1, -0.05) is 24.3 Å². The highest BCUT2D eigenvalue weighted by molar-refractivity contribution is 7.82. The highest BCUT2D eigenvalue weighted by Gasteiger charge is 2.38. The maximum absolute atomic E-state index is 12.9. The molecule has 10 heteroatoms. The molecule has 2 unspecified atom stereocenters. The second-order valence-corrected chi connectivity index (χ2v) is 7.94. The third-order valence-electron chi connectivity index (χ3n) is 4.42. The Hall–Kier alpha value is -2.30. The van der Waals surface area contributed by atoms with Crippen LogP contribution in [0.25, 0.3) is 0 Å². The average Bonchev–Trinajstić information content (AvgIpc) is 3.04. The van der Waals surface area contributed by atoms with E-state index in [0.29, 0.717) is 18.8 Å². The van der Waals surface area contributed by atoms with Gasteiger partial charge in [0.1, 0.15) is 17.4 Å². The summed E-state index contributed by atoms with van der Waals surface area (Å²) in [7, 11) is -1.46. The van der Waals surface area contributed by atoms with E-state index in [0.717, 1.165) is 11.1 Å². The Morgan fingerprint density at radius 2 is 2.07 bits per heavy atom. The minimum absolute atomic E-state index is 0.234. The van der Waals surface area contributed by atoms with Crippen molar-refractivity contribution >= 4 is 28.7 Å². The van der Waals surface area contributed by atoms with Crippen molar-refractivity contribution in [1.82, 2.24) is 15.5 Å². The fraction of sp³-hybridized carbons (Fsp3) is 0.500. The quantitative estimate of drug-likeness (QED) is 0.210. The van der Waals surface area contributed by atoms with E-state index in [9.17, 15) is 13.8 Å². The van der Waals surface area contributed by atoms with Gasteiger partial charge in [0.2, 0.25) is 5.91 Å². The summed E-state index contributed by atoms with van der Waals surface area (Å²) in [5, 5.41) is 11.6. The van der Waals surface area contributed by atoms with Crippen LogP contribution in [-0.2, 0) is 38.3 Å². The Morgan fingerprint density at radius 3 is 2.64 bits per heavy atom. The number of aliphatic imine (C=N–C) groups is 1.